The van der Waals surface area contributed by atoms with Crippen molar-refractivity contribution >= 4 is 35.0 Å². The van der Waals surface area contributed by atoms with Crippen molar-refractivity contribution in [2.75, 3.05) is 25.2 Å². The lowest BCUT2D eigenvalue weighted by Gasteiger charge is -2.28. The quantitative estimate of drug-likeness (QED) is 0.391. The van der Waals surface area contributed by atoms with E-state index >= 15 is 0 Å². The van der Waals surface area contributed by atoms with E-state index in [-0.39, 0.29) is 24.8 Å². The molecule has 1 aliphatic heterocycles. The van der Waals surface area contributed by atoms with Gasteiger partial charge in [0.1, 0.15) is 17.5 Å². The van der Waals surface area contributed by atoms with Gasteiger partial charge in [-0.1, -0.05) is 23.7 Å². The summed E-state index contributed by atoms with van der Waals surface area (Å²) in [5.74, 6) is 0.264. The molecule has 3 aromatic rings. The molecule has 1 fully saturated rings. The Kier molecular flexibility index (Phi) is 7.90. The SMILES string of the molecule is CCOc1ccc(N2C(=O)C[C@H](N(CCc3ccc(OC)cc3)C(=O)c3ccc(Cl)cc3)C2=O)cc1. The maximum Gasteiger partial charge on any atom is 0.257 e. The second-order valence-corrected chi connectivity index (χ2v) is 8.75. The predicted molar refractivity (Wildman–Crippen MR) is 138 cm³/mol. The molecule has 0 radical (unpaired) electrons. The number of benzene rings is 3. The largest absolute Gasteiger partial charge is 0.497 e. The molecule has 1 saturated heterocycles. The predicted octanol–water partition coefficient (Wildman–Crippen LogP) is 4.76. The summed E-state index contributed by atoms with van der Waals surface area (Å²) < 4.78 is 10.7. The molecule has 0 N–H and O–H groups in total. The van der Waals surface area contributed by atoms with Gasteiger partial charge in [-0.05, 0) is 79.6 Å². The van der Waals surface area contributed by atoms with Crippen molar-refractivity contribution in [2.24, 2.45) is 0 Å². The number of hydrogen-bond acceptors (Lipinski definition) is 5. The third kappa shape index (κ3) is 5.52. The number of methoxy groups -OCH3 is 1. The fraction of sp³-hybridized carbons (Fsp3) is 0.250. The zero-order valence-corrected chi connectivity index (χ0v) is 20.9. The van der Waals surface area contributed by atoms with Crippen molar-refractivity contribution < 1.29 is 23.9 Å². The van der Waals surface area contributed by atoms with Crippen LogP contribution in [0, 0.1) is 0 Å². The summed E-state index contributed by atoms with van der Waals surface area (Å²) >= 11 is 6.00. The van der Waals surface area contributed by atoms with E-state index in [1.54, 1.807) is 55.6 Å². The molecule has 7 nitrogen and oxygen atoms in total. The first-order chi connectivity index (χ1) is 17.4. The highest BCUT2D eigenvalue weighted by Crippen LogP contribution is 2.29. The molecule has 186 valence electrons. The van der Waals surface area contributed by atoms with Crippen molar-refractivity contribution in [1.82, 2.24) is 4.90 Å². The van der Waals surface area contributed by atoms with Crippen molar-refractivity contribution in [3.05, 3.63) is 88.9 Å². The number of carbonyl (C=O) groups excluding carboxylic acids is 3. The van der Waals surface area contributed by atoms with E-state index in [0.29, 0.717) is 35.1 Å². The van der Waals surface area contributed by atoms with Crippen LogP contribution in [0.1, 0.15) is 29.3 Å². The lowest BCUT2D eigenvalue weighted by Crippen LogP contribution is -2.46. The number of amides is 3. The molecule has 3 aromatic carbocycles. The van der Waals surface area contributed by atoms with Gasteiger partial charge >= 0.3 is 0 Å². The van der Waals surface area contributed by atoms with Crippen LogP contribution in [-0.2, 0) is 16.0 Å². The average molecular weight is 507 g/mol. The van der Waals surface area contributed by atoms with Gasteiger partial charge in [-0.3, -0.25) is 14.4 Å². The van der Waals surface area contributed by atoms with Gasteiger partial charge in [0.05, 0.1) is 25.8 Å². The Morgan fingerprint density at radius 1 is 0.972 bits per heavy atom. The molecule has 0 bridgehead atoms. The summed E-state index contributed by atoms with van der Waals surface area (Å²) in [6.45, 7) is 2.65. The van der Waals surface area contributed by atoms with Gasteiger partial charge < -0.3 is 14.4 Å². The van der Waals surface area contributed by atoms with Gasteiger partial charge in [0.15, 0.2) is 0 Å². The van der Waals surface area contributed by atoms with E-state index < -0.39 is 11.9 Å². The van der Waals surface area contributed by atoms with Crippen LogP contribution in [0.4, 0.5) is 5.69 Å². The molecule has 1 atom stereocenters. The van der Waals surface area contributed by atoms with Crippen molar-refractivity contribution in [3.8, 4) is 11.5 Å². The Hall–Kier alpha value is -3.84. The second kappa shape index (κ2) is 11.3. The van der Waals surface area contributed by atoms with Crippen molar-refractivity contribution in [1.29, 1.82) is 0 Å². The summed E-state index contributed by atoms with van der Waals surface area (Å²) in [6.07, 6.45) is 0.415. The summed E-state index contributed by atoms with van der Waals surface area (Å²) in [5.41, 5.74) is 1.82. The molecule has 1 heterocycles. The van der Waals surface area contributed by atoms with E-state index in [0.717, 1.165) is 16.2 Å². The zero-order valence-electron chi connectivity index (χ0n) is 20.1. The number of imide groups is 1. The highest BCUT2D eigenvalue weighted by atomic mass is 35.5. The standard InChI is InChI=1S/C28H27ClN2O5/c1-3-36-24-14-10-22(11-15-24)31-26(32)18-25(28(31)34)30(27(33)20-6-8-21(29)9-7-20)17-16-19-4-12-23(35-2)13-5-19/h4-15,25H,3,16-18H2,1-2H3/t25-/m0/s1. The smallest absolute Gasteiger partial charge is 0.257 e. The van der Waals surface area contributed by atoms with Crippen LogP contribution in [-0.4, -0.2) is 48.9 Å². The van der Waals surface area contributed by atoms with E-state index in [1.165, 1.54) is 4.90 Å². The second-order valence-electron chi connectivity index (χ2n) is 8.32. The molecule has 0 aliphatic carbocycles. The Morgan fingerprint density at radius 2 is 1.61 bits per heavy atom. The molecule has 1 aliphatic rings. The highest BCUT2D eigenvalue weighted by Gasteiger charge is 2.44. The minimum atomic E-state index is -0.912. The van der Waals surface area contributed by atoms with Gasteiger partial charge in [-0.15, -0.1) is 0 Å². The van der Waals surface area contributed by atoms with Crippen LogP contribution in [0.3, 0.4) is 0 Å². The van der Waals surface area contributed by atoms with Crippen molar-refractivity contribution in [2.45, 2.75) is 25.8 Å². The molecule has 4 rings (SSSR count). The number of halogens is 1. The molecule has 0 spiro atoms. The summed E-state index contributed by atoms with van der Waals surface area (Å²) in [5, 5.41) is 0.505. The molecule has 0 saturated carbocycles. The molecular formula is C28H27ClN2O5. The fourth-order valence-electron chi connectivity index (χ4n) is 4.19. The topological polar surface area (TPSA) is 76.2 Å². The fourth-order valence-corrected chi connectivity index (χ4v) is 4.31. The van der Waals surface area contributed by atoms with E-state index in [9.17, 15) is 14.4 Å². The first-order valence-corrected chi connectivity index (χ1v) is 12.1. The van der Waals surface area contributed by atoms with Crippen LogP contribution >= 0.6 is 11.6 Å². The Morgan fingerprint density at radius 3 is 2.22 bits per heavy atom. The van der Waals surface area contributed by atoms with E-state index in [1.807, 2.05) is 31.2 Å². The van der Waals surface area contributed by atoms with Crippen LogP contribution in [0.25, 0.3) is 0 Å². The average Bonchev–Trinajstić information content (AvgIpc) is 3.19. The minimum Gasteiger partial charge on any atom is -0.497 e. The van der Waals surface area contributed by atoms with Crippen molar-refractivity contribution in [3.63, 3.8) is 0 Å². The molecule has 36 heavy (non-hydrogen) atoms. The van der Waals surface area contributed by atoms with Crippen LogP contribution < -0.4 is 14.4 Å². The molecular weight excluding hydrogens is 480 g/mol. The highest BCUT2D eigenvalue weighted by molar-refractivity contribution is 6.30. The van der Waals surface area contributed by atoms with E-state index in [4.69, 9.17) is 21.1 Å². The number of rotatable bonds is 9. The molecule has 8 heteroatoms. The first kappa shape index (κ1) is 25.3. The van der Waals surface area contributed by atoms with Gasteiger partial charge in [-0.2, -0.15) is 0 Å². The van der Waals surface area contributed by atoms with E-state index in [2.05, 4.69) is 0 Å². The summed E-state index contributed by atoms with van der Waals surface area (Å²) in [7, 11) is 1.60. The minimum absolute atomic E-state index is 0.0893. The molecule has 0 unspecified atom stereocenters. The first-order valence-electron chi connectivity index (χ1n) is 11.7. The maximum absolute atomic E-state index is 13.5. The Bertz CT molecular complexity index is 1230. The zero-order chi connectivity index (χ0) is 25.7. The monoisotopic (exact) mass is 506 g/mol. The third-order valence-electron chi connectivity index (χ3n) is 6.06. The normalized spacial score (nSPS) is 15.2. The van der Waals surface area contributed by atoms with Crippen LogP contribution in [0.5, 0.6) is 11.5 Å². The molecule has 0 aromatic heterocycles. The number of hydrogen-bond donors (Lipinski definition) is 0. The summed E-state index contributed by atoms with van der Waals surface area (Å²) in [6, 6.07) is 19.9. The summed E-state index contributed by atoms with van der Waals surface area (Å²) in [4.78, 5) is 42.6. The number of nitrogens with zero attached hydrogens (tertiary/aromatic N) is 2. The van der Waals surface area contributed by atoms with Gasteiger partial charge in [0.2, 0.25) is 5.91 Å². The lowest BCUT2D eigenvalue weighted by molar-refractivity contribution is -0.122. The molecule has 3 amide bonds. The number of carbonyl (C=O) groups is 3. The third-order valence-corrected chi connectivity index (χ3v) is 6.31. The van der Waals surface area contributed by atoms with Gasteiger partial charge in [0, 0.05) is 17.1 Å². The number of anilines is 1. The van der Waals surface area contributed by atoms with Crippen LogP contribution in [0.2, 0.25) is 5.02 Å². The number of ether oxygens (including phenoxy) is 2. The Balaban J connectivity index is 1.59. The van der Waals surface area contributed by atoms with Crippen LogP contribution in [0.15, 0.2) is 72.8 Å². The maximum atomic E-state index is 13.5. The van der Waals surface area contributed by atoms with Gasteiger partial charge in [0.25, 0.3) is 11.8 Å². The van der Waals surface area contributed by atoms with Gasteiger partial charge in [-0.25, -0.2) is 4.90 Å². The Labute approximate surface area is 215 Å². The lowest BCUT2D eigenvalue weighted by atomic mass is 10.1.